The number of hydrogen-bond acceptors (Lipinski definition) is 4. The average Bonchev–Trinajstić information content (AvgIpc) is 3.47. The SMILES string of the molecule is CC(C)N(C(=O)CSc1nnc(-c2ccccc2F)n1C1CC1)c1ccccc1. The molecule has 4 rings (SSSR count). The lowest BCUT2D eigenvalue weighted by molar-refractivity contribution is -0.116. The van der Waals surface area contributed by atoms with Crippen LogP contribution in [0.25, 0.3) is 11.4 Å². The van der Waals surface area contributed by atoms with E-state index in [0.717, 1.165) is 18.5 Å². The third-order valence-electron chi connectivity index (χ3n) is 4.84. The maximum absolute atomic E-state index is 14.3. The summed E-state index contributed by atoms with van der Waals surface area (Å²) in [5, 5.41) is 9.20. The normalized spacial score (nSPS) is 13.7. The molecule has 0 radical (unpaired) electrons. The molecule has 150 valence electrons. The summed E-state index contributed by atoms with van der Waals surface area (Å²) in [6.45, 7) is 4.00. The van der Waals surface area contributed by atoms with Gasteiger partial charge in [0.25, 0.3) is 0 Å². The van der Waals surface area contributed by atoms with Crippen molar-refractivity contribution in [2.45, 2.75) is 43.9 Å². The molecule has 1 fully saturated rings. The van der Waals surface area contributed by atoms with E-state index in [-0.39, 0.29) is 29.6 Å². The number of anilines is 1. The summed E-state index contributed by atoms with van der Waals surface area (Å²) in [5.41, 5.74) is 1.32. The van der Waals surface area contributed by atoms with Crippen molar-refractivity contribution in [2.75, 3.05) is 10.7 Å². The maximum atomic E-state index is 14.3. The van der Waals surface area contributed by atoms with Crippen LogP contribution in [0, 0.1) is 5.82 Å². The molecule has 7 heteroatoms. The van der Waals surface area contributed by atoms with Crippen molar-refractivity contribution >= 4 is 23.4 Å². The second kappa shape index (κ2) is 8.37. The molecule has 0 N–H and O–H groups in total. The first-order chi connectivity index (χ1) is 14.1. The van der Waals surface area contributed by atoms with E-state index in [0.29, 0.717) is 16.5 Å². The molecule has 1 amide bonds. The number of para-hydroxylation sites is 1. The van der Waals surface area contributed by atoms with Gasteiger partial charge in [0.1, 0.15) is 5.82 Å². The van der Waals surface area contributed by atoms with Crippen LogP contribution in [0.4, 0.5) is 10.1 Å². The lowest BCUT2D eigenvalue weighted by Crippen LogP contribution is -2.38. The van der Waals surface area contributed by atoms with E-state index in [4.69, 9.17) is 0 Å². The van der Waals surface area contributed by atoms with Crippen molar-refractivity contribution in [2.24, 2.45) is 0 Å². The first kappa shape index (κ1) is 19.6. The van der Waals surface area contributed by atoms with Crippen LogP contribution in [0.5, 0.6) is 0 Å². The summed E-state index contributed by atoms with van der Waals surface area (Å²) in [5.74, 6) is 0.470. The smallest absolute Gasteiger partial charge is 0.237 e. The monoisotopic (exact) mass is 410 g/mol. The molecule has 3 aromatic rings. The number of nitrogens with zero attached hydrogens (tertiary/aromatic N) is 4. The van der Waals surface area contributed by atoms with Gasteiger partial charge in [-0.25, -0.2) is 4.39 Å². The van der Waals surface area contributed by atoms with Crippen LogP contribution >= 0.6 is 11.8 Å². The fraction of sp³-hybridized carbons (Fsp3) is 0.318. The largest absolute Gasteiger partial charge is 0.309 e. The summed E-state index contributed by atoms with van der Waals surface area (Å²) in [4.78, 5) is 14.8. The van der Waals surface area contributed by atoms with Gasteiger partial charge in [-0.15, -0.1) is 10.2 Å². The number of thioether (sulfide) groups is 1. The molecule has 0 atom stereocenters. The van der Waals surface area contributed by atoms with Gasteiger partial charge in [0.05, 0.1) is 11.3 Å². The Hall–Kier alpha value is -2.67. The van der Waals surface area contributed by atoms with Gasteiger partial charge in [0, 0.05) is 17.8 Å². The van der Waals surface area contributed by atoms with E-state index >= 15 is 0 Å². The zero-order valence-corrected chi connectivity index (χ0v) is 17.3. The van der Waals surface area contributed by atoms with E-state index in [1.807, 2.05) is 48.7 Å². The number of carbonyl (C=O) groups excluding carboxylic acids is 1. The highest BCUT2D eigenvalue weighted by Crippen LogP contribution is 2.41. The van der Waals surface area contributed by atoms with Gasteiger partial charge in [0.15, 0.2) is 11.0 Å². The summed E-state index contributed by atoms with van der Waals surface area (Å²) in [6.07, 6.45) is 2.03. The molecule has 1 aliphatic carbocycles. The topological polar surface area (TPSA) is 51.0 Å². The van der Waals surface area contributed by atoms with Gasteiger partial charge in [-0.05, 0) is 51.0 Å². The average molecular weight is 411 g/mol. The molecule has 0 bridgehead atoms. The van der Waals surface area contributed by atoms with E-state index in [1.54, 1.807) is 23.1 Å². The minimum absolute atomic E-state index is 0.00832. The number of carbonyl (C=O) groups is 1. The Morgan fingerprint density at radius 1 is 1.14 bits per heavy atom. The van der Waals surface area contributed by atoms with Gasteiger partial charge in [-0.3, -0.25) is 9.36 Å². The summed E-state index contributed by atoms with van der Waals surface area (Å²) in [7, 11) is 0. The van der Waals surface area contributed by atoms with Crippen LogP contribution in [0.2, 0.25) is 0 Å². The number of benzene rings is 2. The molecule has 1 aromatic heterocycles. The Labute approximate surface area is 173 Å². The van der Waals surface area contributed by atoms with Crippen LogP contribution in [-0.4, -0.2) is 32.5 Å². The fourth-order valence-corrected chi connectivity index (χ4v) is 4.24. The van der Waals surface area contributed by atoms with Crippen molar-refractivity contribution in [3.8, 4) is 11.4 Å². The first-order valence-electron chi connectivity index (χ1n) is 9.76. The summed E-state index contributed by atoms with van der Waals surface area (Å²) >= 11 is 1.36. The Kier molecular flexibility index (Phi) is 5.67. The highest BCUT2D eigenvalue weighted by Gasteiger charge is 2.31. The van der Waals surface area contributed by atoms with Gasteiger partial charge in [-0.1, -0.05) is 42.1 Å². The summed E-state index contributed by atoms with van der Waals surface area (Å²) in [6, 6.07) is 16.6. The fourth-order valence-electron chi connectivity index (χ4n) is 3.38. The second-order valence-corrected chi connectivity index (χ2v) is 8.31. The van der Waals surface area contributed by atoms with Gasteiger partial charge in [0.2, 0.25) is 5.91 Å². The van der Waals surface area contributed by atoms with Crippen molar-refractivity contribution in [1.82, 2.24) is 14.8 Å². The van der Waals surface area contributed by atoms with E-state index < -0.39 is 0 Å². The molecule has 29 heavy (non-hydrogen) atoms. The van der Waals surface area contributed by atoms with Crippen molar-refractivity contribution in [3.05, 3.63) is 60.4 Å². The minimum Gasteiger partial charge on any atom is -0.309 e. The van der Waals surface area contributed by atoms with E-state index in [9.17, 15) is 9.18 Å². The number of rotatable bonds is 7. The molecule has 0 saturated heterocycles. The van der Waals surface area contributed by atoms with E-state index in [2.05, 4.69) is 10.2 Å². The molecule has 1 saturated carbocycles. The number of halogens is 1. The van der Waals surface area contributed by atoms with Gasteiger partial charge < -0.3 is 4.90 Å². The molecule has 1 aliphatic rings. The lowest BCUT2D eigenvalue weighted by Gasteiger charge is -2.26. The predicted molar refractivity (Wildman–Crippen MR) is 113 cm³/mol. The Morgan fingerprint density at radius 3 is 2.48 bits per heavy atom. The first-order valence-corrected chi connectivity index (χ1v) is 10.7. The van der Waals surface area contributed by atoms with Crippen LogP contribution in [0.3, 0.4) is 0 Å². The van der Waals surface area contributed by atoms with Gasteiger partial charge in [-0.2, -0.15) is 0 Å². The zero-order chi connectivity index (χ0) is 20.4. The second-order valence-electron chi connectivity index (χ2n) is 7.37. The van der Waals surface area contributed by atoms with Crippen molar-refractivity contribution in [3.63, 3.8) is 0 Å². The highest BCUT2D eigenvalue weighted by molar-refractivity contribution is 7.99. The van der Waals surface area contributed by atoms with Crippen LogP contribution < -0.4 is 4.90 Å². The minimum atomic E-state index is -0.315. The quantitative estimate of drug-likeness (QED) is 0.517. The van der Waals surface area contributed by atoms with Gasteiger partial charge >= 0.3 is 0 Å². The zero-order valence-electron chi connectivity index (χ0n) is 16.5. The van der Waals surface area contributed by atoms with Crippen LogP contribution in [0.15, 0.2) is 59.8 Å². The summed E-state index contributed by atoms with van der Waals surface area (Å²) < 4.78 is 16.3. The van der Waals surface area contributed by atoms with Crippen molar-refractivity contribution < 1.29 is 9.18 Å². The predicted octanol–water partition coefficient (Wildman–Crippen LogP) is 4.95. The highest BCUT2D eigenvalue weighted by atomic mass is 32.2. The molecular weight excluding hydrogens is 387 g/mol. The molecule has 0 aliphatic heterocycles. The molecule has 2 aromatic carbocycles. The lowest BCUT2D eigenvalue weighted by atomic mass is 10.2. The van der Waals surface area contributed by atoms with E-state index in [1.165, 1.54) is 17.8 Å². The Morgan fingerprint density at radius 2 is 1.83 bits per heavy atom. The third kappa shape index (κ3) is 4.19. The molecule has 0 spiro atoms. The Bertz CT molecular complexity index is 1000. The molecular formula is C22H23FN4OS. The maximum Gasteiger partial charge on any atom is 0.237 e. The third-order valence-corrected chi connectivity index (χ3v) is 5.76. The number of hydrogen-bond donors (Lipinski definition) is 0. The number of amides is 1. The van der Waals surface area contributed by atoms with Crippen LogP contribution in [0.1, 0.15) is 32.7 Å². The van der Waals surface area contributed by atoms with Crippen molar-refractivity contribution in [1.29, 1.82) is 0 Å². The standard InChI is InChI=1S/C22H23FN4OS/c1-15(2)26(16-8-4-3-5-9-16)20(28)14-29-22-25-24-21(27(22)17-12-13-17)18-10-6-7-11-19(18)23/h3-11,15,17H,12-14H2,1-2H3. The number of aromatic nitrogens is 3. The molecule has 1 heterocycles. The molecule has 5 nitrogen and oxygen atoms in total. The Balaban J connectivity index is 1.56. The molecule has 0 unspecified atom stereocenters. The van der Waals surface area contributed by atoms with Crippen LogP contribution in [-0.2, 0) is 4.79 Å².